The third-order valence-electron chi connectivity index (χ3n) is 6.06. The number of aliphatic hydroxyl groups excluding tert-OH is 1. The Morgan fingerprint density at radius 1 is 0.963 bits per heavy atom. The molecule has 0 aromatic heterocycles. The van der Waals surface area contributed by atoms with Gasteiger partial charge in [-0.1, -0.05) is 6.07 Å². The van der Waals surface area contributed by atoms with Crippen molar-refractivity contribution < 1.29 is 29.5 Å². The highest BCUT2D eigenvalue weighted by atomic mass is 16.7. The highest BCUT2D eigenvalue weighted by molar-refractivity contribution is 5.58. The van der Waals surface area contributed by atoms with Gasteiger partial charge in [-0.2, -0.15) is 0 Å². The molecule has 0 bridgehead atoms. The topological polar surface area (TPSA) is 91.9 Å². The van der Waals surface area contributed by atoms with E-state index in [1.165, 1.54) is 5.56 Å². The molecule has 0 amide bonds. The lowest BCUT2D eigenvalue weighted by atomic mass is 9.70. The van der Waals surface area contributed by atoms with E-state index in [9.17, 15) is 5.11 Å². The number of hydrogen-bond acceptors (Lipinski definition) is 6. The maximum absolute atomic E-state index is 11.0. The van der Waals surface area contributed by atoms with Gasteiger partial charge in [-0.15, -0.1) is 0 Å². The lowest BCUT2D eigenvalue weighted by Crippen LogP contribution is -2.43. The number of nitrogens with zero attached hydrogens (tertiary/aromatic N) is 1. The van der Waals surface area contributed by atoms with Gasteiger partial charge in [0.1, 0.15) is 0 Å². The molecule has 0 saturated carbocycles. The van der Waals surface area contributed by atoms with Crippen molar-refractivity contribution in [3.05, 3.63) is 46.5 Å². The van der Waals surface area contributed by atoms with Gasteiger partial charge in [0.15, 0.2) is 23.0 Å². The Kier molecular flexibility index (Phi) is 3.56. The van der Waals surface area contributed by atoms with Gasteiger partial charge in [0.25, 0.3) is 0 Å². The van der Waals surface area contributed by atoms with Crippen molar-refractivity contribution in [3.8, 4) is 23.0 Å². The van der Waals surface area contributed by atoms with Crippen molar-refractivity contribution in [2.75, 3.05) is 20.6 Å². The van der Waals surface area contributed by atoms with Crippen LogP contribution in [-0.2, 0) is 13.0 Å². The third-order valence-corrected chi connectivity index (χ3v) is 6.06. The van der Waals surface area contributed by atoms with Crippen LogP contribution in [0.3, 0.4) is 0 Å². The first kappa shape index (κ1) is 16.7. The van der Waals surface area contributed by atoms with Crippen LogP contribution in [0.25, 0.3) is 0 Å². The Labute approximate surface area is 156 Å². The van der Waals surface area contributed by atoms with E-state index in [4.69, 9.17) is 18.9 Å². The molecule has 3 N–H and O–H groups in total. The summed E-state index contributed by atoms with van der Waals surface area (Å²) in [5, 5.41) is 11.0. The molecule has 27 heavy (non-hydrogen) atoms. The number of ether oxygens (including phenoxy) is 4. The highest BCUT2D eigenvalue weighted by Gasteiger charge is 2.45. The minimum Gasteiger partial charge on any atom is -0.454 e. The first-order valence-electron chi connectivity index (χ1n) is 8.93. The van der Waals surface area contributed by atoms with Crippen LogP contribution in [0.5, 0.6) is 23.0 Å². The molecule has 2 aromatic rings. The van der Waals surface area contributed by atoms with Gasteiger partial charge in [0, 0.05) is 24.1 Å². The van der Waals surface area contributed by atoms with E-state index >= 15 is 0 Å². The first-order chi connectivity index (χ1) is 12.7. The quantitative estimate of drug-likeness (QED) is 0.755. The summed E-state index contributed by atoms with van der Waals surface area (Å²) in [6.45, 7) is 1.28. The Balaban J connectivity index is 0.00000160. The van der Waals surface area contributed by atoms with Crippen molar-refractivity contribution in [1.82, 2.24) is 4.90 Å². The normalized spacial score (nSPS) is 26.7. The Bertz CT molecular complexity index is 927. The zero-order valence-corrected chi connectivity index (χ0v) is 14.9. The molecule has 3 heterocycles. The maximum atomic E-state index is 11.0. The molecule has 0 saturated heterocycles. The van der Waals surface area contributed by atoms with Crippen molar-refractivity contribution >= 4 is 0 Å². The first-order valence-corrected chi connectivity index (χ1v) is 8.93. The van der Waals surface area contributed by atoms with Crippen LogP contribution in [0.15, 0.2) is 24.3 Å². The molecule has 0 radical (unpaired) electrons. The molecule has 4 aliphatic rings. The fourth-order valence-corrected chi connectivity index (χ4v) is 4.97. The number of aliphatic hydroxyl groups is 1. The molecule has 2 aromatic carbocycles. The van der Waals surface area contributed by atoms with E-state index in [0.717, 1.165) is 46.2 Å². The van der Waals surface area contributed by atoms with Crippen molar-refractivity contribution in [2.45, 2.75) is 31.0 Å². The Morgan fingerprint density at radius 3 is 2.56 bits per heavy atom. The molecule has 142 valence electrons. The van der Waals surface area contributed by atoms with E-state index in [2.05, 4.69) is 24.1 Å². The lowest BCUT2D eigenvalue weighted by Gasteiger charge is -2.46. The standard InChI is InChI=1S/C20H19NO5.H2O/c1-21-7-13-11(2-3-15-20(13)26-9-23-15)18-14(22)4-10-5-16-17(25-8-24-16)6-12(10)19(18)21;/h2-3,5-6,14,18-19,22H,4,7-9H2,1H3;1H2. The van der Waals surface area contributed by atoms with E-state index in [-0.39, 0.29) is 31.0 Å². The summed E-state index contributed by atoms with van der Waals surface area (Å²) in [5.41, 5.74) is 4.65. The van der Waals surface area contributed by atoms with Crippen molar-refractivity contribution in [1.29, 1.82) is 0 Å². The third kappa shape index (κ3) is 2.19. The van der Waals surface area contributed by atoms with Gasteiger partial charge in [-0.25, -0.2) is 0 Å². The van der Waals surface area contributed by atoms with Crippen LogP contribution < -0.4 is 18.9 Å². The summed E-state index contributed by atoms with van der Waals surface area (Å²) in [6, 6.07) is 8.27. The lowest BCUT2D eigenvalue weighted by molar-refractivity contribution is 0.0591. The van der Waals surface area contributed by atoms with Gasteiger partial charge in [0.05, 0.1) is 6.10 Å². The van der Waals surface area contributed by atoms with Crippen LogP contribution in [0.1, 0.15) is 34.2 Å². The minimum atomic E-state index is -0.463. The minimum absolute atomic E-state index is 0. The van der Waals surface area contributed by atoms with Crippen LogP contribution >= 0.6 is 0 Å². The summed E-state index contributed by atoms with van der Waals surface area (Å²) in [7, 11) is 2.10. The van der Waals surface area contributed by atoms with Crippen LogP contribution in [0.4, 0.5) is 0 Å². The molecule has 3 aliphatic heterocycles. The second-order valence-electron chi connectivity index (χ2n) is 7.43. The second kappa shape index (κ2) is 5.76. The molecule has 3 unspecified atom stereocenters. The Hall–Kier alpha value is -2.48. The molecular formula is C20H21NO6. The average Bonchev–Trinajstić information content (AvgIpc) is 3.28. The Morgan fingerprint density at radius 2 is 1.70 bits per heavy atom. The second-order valence-corrected chi connectivity index (χ2v) is 7.43. The van der Waals surface area contributed by atoms with Crippen molar-refractivity contribution in [2.24, 2.45) is 0 Å². The predicted molar refractivity (Wildman–Crippen MR) is 95.4 cm³/mol. The van der Waals surface area contributed by atoms with Crippen LogP contribution in [0, 0.1) is 0 Å². The molecule has 1 aliphatic carbocycles. The molecule has 7 nitrogen and oxygen atoms in total. The number of benzene rings is 2. The summed E-state index contributed by atoms with van der Waals surface area (Å²) in [6.07, 6.45) is 0.143. The van der Waals surface area contributed by atoms with Gasteiger partial charge < -0.3 is 29.5 Å². The van der Waals surface area contributed by atoms with Gasteiger partial charge >= 0.3 is 0 Å². The molecule has 7 heteroatoms. The number of rotatable bonds is 0. The zero-order valence-electron chi connectivity index (χ0n) is 14.9. The smallest absolute Gasteiger partial charge is 0.231 e. The van der Waals surface area contributed by atoms with E-state index in [0.29, 0.717) is 6.42 Å². The van der Waals surface area contributed by atoms with Crippen molar-refractivity contribution in [3.63, 3.8) is 0 Å². The average molecular weight is 371 g/mol. The van der Waals surface area contributed by atoms with E-state index in [1.807, 2.05) is 12.1 Å². The van der Waals surface area contributed by atoms with Gasteiger partial charge in [0.2, 0.25) is 13.6 Å². The summed E-state index contributed by atoms with van der Waals surface area (Å²) >= 11 is 0. The number of fused-ring (bicyclic) bond motifs is 8. The fourth-order valence-electron chi connectivity index (χ4n) is 4.97. The van der Waals surface area contributed by atoms with Crippen LogP contribution in [0.2, 0.25) is 0 Å². The molecule has 0 spiro atoms. The fraction of sp³-hybridized carbons (Fsp3) is 0.400. The number of hydrogen-bond donors (Lipinski definition) is 1. The summed E-state index contributed by atoms with van der Waals surface area (Å²) in [5.74, 6) is 3.19. The zero-order chi connectivity index (χ0) is 17.4. The summed E-state index contributed by atoms with van der Waals surface area (Å²) < 4.78 is 22.4. The monoisotopic (exact) mass is 371 g/mol. The molecular weight excluding hydrogens is 350 g/mol. The predicted octanol–water partition coefficient (Wildman–Crippen LogP) is 1.51. The van der Waals surface area contributed by atoms with E-state index < -0.39 is 6.10 Å². The van der Waals surface area contributed by atoms with Gasteiger partial charge in [-0.05, 0) is 48.4 Å². The van der Waals surface area contributed by atoms with Gasteiger partial charge in [-0.3, -0.25) is 4.90 Å². The van der Waals surface area contributed by atoms with Crippen LogP contribution in [-0.4, -0.2) is 42.2 Å². The number of likely N-dealkylation sites (N-methyl/N-ethyl adjacent to an activating group) is 1. The molecule has 6 rings (SSSR count). The maximum Gasteiger partial charge on any atom is 0.231 e. The highest BCUT2D eigenvalue weighted by Crippen LogP contribution is 2.54. The summed E-state index contributed by atoms with van der Waals surface area (Å²) in [4.78, 5) is 2.29. The SMILES string of the molecule is CN1Cc2c(ccc3c2OCO3)C2C(O)Cc3cc4c(cc3C21)OCO4.O. The molecule has 3 atom stereocenters. The largest absolute Gasteiger partial charge is 0.454 e. The van der Waals surface area contributed by atoms with E-state index in [1.54, 1.807) is 0 Å². The molecule has 0 fully saturated rings.